The molecule has 8 heteroatoms. The molecule has 1 aromatic heterocycles. The molecule has 1 saturated heterocycles. The standard InChI is InChI=1S/C12H21ClN4O2S/c1-3-17(20(2,18)19)12-4-6-15(7-5-12)10-16-9-11(13)8-14-16/h8-9,12H,3-7,10H2,1-2H3. The zero-order valence-electron chi connectivity index (χ0n) is 11.9. The molecule has 114 valence electrons. The highest BCUT2D eigenvalue weighted by Gasteiger charge is 2.28. The summed E-state index contributed by atoms with van der Waals surface area (Å²) in [7, 11) is -3.11. The van der Waals surface area contributed by atoms with E-state index in [1.54, 1.807) is 21.4 Å². The fourth-order valence-electron chi connectivity index (χ4n) is 2.73. The van der Waals surface area contributed by atoms with E-state index < -0.39 is 10.0 Å². The van der Waals surface area contributed by atoms with Crippen molar-refractivity contribution in [2.45, 2.75) is 32.5 Å². The Labute approximate surface area is 125 Å². The molecule has 1 aliphatic heterocycles. The van der Waals surface area contributed by atoms with Crippen LogP contribution in [0, 0.1) is 0 Å². The quantitative estimate of drug-likeness (QED) is 0.819. The molecule has 1 fully saturated rings. The fraction of sp³-hybridized carbons (Fsp3) is 0.750. The van der Waals surface area contributed by atoms with E-state index in [0.29, 0.717) is 18.2 Å². The van der Waals surface area contributed by atoms with Crippen LogP contribution in [0.2, 0.25) is 5.02 Å². The Morgan fingerprint density at radius 1 is 1.45 bits per heavy atom. The van der Waals surface area contributed by atoms with Gasteiger partial charge in [-0.15, -0.1) is 0 Å². The van der Waals surface area contributed by atoms with E-state index in [1.165, 1.54) is 6.26 Å². The number of hydrogen-bond donors (Lipinski definition) is 0. The van der Waals surface area contributed by atoms with E-state index in [9.17, 15) is 8.42 Å². The zero-order chi connectivity index (χ0) is 14.8. The van der Waals surface area contributed by atoms with Crippen LogP contribution in [0.4, 0.5) is 0 Å². The van der Waals surface area contributed by atoms with Crippen LogP contribution in [0.5, 0.6) is 0 Å². The first kappa shape index (κ1) is 15.8. The van der Waals surface area contributed by atoms with Gasteiger partial charge in [0.1, 0.15) is 0 Å². The van der Waals surface area contributed by atoms with Gasteiger partial charge in [-0.1, -0.05) is 18.5 Å². The van der Waals surface area contributed by atoms with Crippen molar-refractivity contribution in [3.63, 3.8) is 0 Å². The van der Waals surface area contributed by atoms with Gasteiger partial charge in [0.25, 0.3) is 0 Å². The third-order valence-corrected chi connectivity index (χ3v) is 5.25. The largest absolute Gasteiger partial charge is 0.284 e. The van der Waals surface area contributed by atoms with Gasteiger partial charge in [0, 0.05) is 31.9 Å². The summed E-state index contributed by atoms with van der Waals surface area (Å²) in [5, 5.41) is 4.79. The maximum Gasteiger partial charge on any atom is 0.211 e. The van der Waals surface area contributed by atoms with Gasteiger partial charge >= 0.3 is 0 Å². The maximum atomic E-state index is 11.7. The molecule has 0 unspecified atom stereocenters. The van der Waals surface area contributed by atoms with Crippen LogP contribution < -0.4 is 0 Å². The number of hydrogen-bond acceptors (Lipinski definition) is 4. The molecule has 1 aliphatic rings. The summed E-state index contributed by atoms with van der Waals surface area (Å²) in [5.74, 6) is 0. The van der Waals surface area contributed by atoms with Crippen LogP contribution in [-0.4, -0.2) is 59.3 Å². The van der Waals surface area contributed by atoms with Crippen LogP contribution in [0.25, 0.3) is 0 Å². The second kappa shape index (κ2) is 6.43. The first-order valence-electron chi connectivity index (χ1n) is 6.77. The normalized spacial score (nSPS) is 18.8. The van der Waals surface area contributed by atoms with E-state index in [2.05, 4.69) is 10.00 Å². The Morgan fingerprint density at radius 3 is 2.55 bits per heavy atom. The number of halogens is 1. The van der Waals surface area contributed by atoms with Crippen molar-refractivity contribution in [1.29, 1.82) is 0 Å². The maximum absolute atomic E-state index is 11.7. The Balaban J connectivity index is 1.89. The number of rotatable bonds is 5. The molecule has 0 N–H and O–H groups in total. The average Bonchev–Trinajstić information content (AvgIpc) is 2.76. The summed E-state index contributed by atoms with van der Waals surface area (Å²) in [4.78, 5) is 2.26. The van der Waals surface area contributed by atoms with Gasteiger partial charge in [0.15, 0.2) is 0 Å². The zero-order valence-corrected chi connectivity index (χ0v) is 13.4. The molecule has 1 aromatic rings. The number of sulfonamides is 1. The molecule has 6 nitrogen and oxygen atoms in total. The summed E-state index contributed by atoms with van der Waals surface area (Å²) >= 11 is 5.84. The molecule has 0 saturated carbocycles. The molecule has 0 atom stereocenters. The lowest BCUT2D eigenvalue weighted by Gasteiger charge is -2.36. The van der Waals surface area contributed by atoms with E-state index >= 15 is 0 Å². The Hall–Kier alpha value is -0.630. The van der Waals surface area contributed by atoms with Crippen LogP contribution in [0.3, 0.4) is 0 Å². The topological polar surface area (TPSA) is 58.4 Å². The van der Waals surface area contributed by atoms with Gasteiger partial charge in [0.05, 0.1) is 24.1 Å². The fourth-order valence-corrected chi connectivity index (χ4v) is 4.11. The number of piperidine rings is 1. The van der Waals surface area contributed by atoms with Crippen molar-refractivity contribution in [2.24, 2.45) is 0 Å². The van der Waals surface area contributed by atoms with Crippen molar-refractivity contribution in [1.82, 2.24) is 19.0 Å². The van der Waals surface area contributed by atoms with Crippen LogP contribution in [-0.2, 0) is 16.7 Å². The van der Waals surface area contributed by atoms with Gasteiger partial charge in [-0.05, 0) is 12.8 Å². The molecule has 0 radical (unpaired) electrons. The summed E-state index contributed by atoms with van der Waals surface area (Å²) in [6.45, 7) is 4.87. The summed E-state index contributed by atoms with van der Waals surface area (Å²) < 4.78 is 26.8. The van der Waals surface area contributed by atoms with E-state index in [0.717, 1.165) is 25.9 Å². The predicted molar refractivity (Wildman–Crippen MR) is 79.1 cm³/mol. The van der Waals surface area contributed by atoms with Crippen LogP contribution >= 0.6 is 11.6 Å². The number of nitrogens with zero attached hydrogens (tertiary/aromatic N) is 4. The summed E-state index contributed by atoms with van der Waals surface area (Å²) in [6.07, 6.45) is 6.42. The SMILES string of the molecule is CCN(C1CCN(Cn2cc(Cl)cn2)CC1)S(C)(=O)=O. The van der Waals surface area contributed by atoms with Crippen molar-refractivity contribution in [3.8, 4) is 0 Å². The average molecular weight is 321 g/mol. The second-order valence-electron chi connectivity index (χ2n) is 5.15. The molecule has 0 aliphatic carbocycles. The van der Waals surface area contributed by atoms with Gasteiger partial charge in [0.2, 0.25) is 10.0 Å². The molecule has 0 amide bonds. The third kappa shape index (κ3) is 3.94. The minimum Gasteiger partial charge on any atom is -0.284 e. The van der Waals surface area contributed by atoms with Crippen LogP contribution in [0.1, 0.15) is 19.8 Å². The van der Waals surface area contributed by atoms with E-state index in [1.807, 2.05) is 6.92 Å². The molecular formula is C12H21ClN4O2S. The highest BCUT2D eigenvalue weighted by atomic mass is 35.5. The second-order valence-corrected chi connectivity index (χ2v) is 7.53. The predicted octanol–water partition coefficient (Wildman–Crippen LogP) is 1.24. The first-order chi connectivity index (χ1) is 9.40. The molecule has 20 heavy (non-hydrogen) atoms. The van der Waals surface area contributed by atoms with Gasteiger partial charge in [-0.3, -0.25) is 9.58 Å². The Morgan fingerprint density at radius 2 is 2.10 bits per heavy atom. The lowest BCUT2D eigenvalue weighted by molar-refractivity contribution is 0.127. The minimum atomic E-state index is -3.11. The summed E-state index contributed by atoms with van der Waals surface area (Å²) in [6, 6.07) is 0.118. The lowest BCUT2D eigenvalue weighted by Crippen LogP contribution is -2.47. The highest BCUT2D eigenvalue weighted by Crippen LogP contribution is 2.19. The van der Waals surface area contributed by atoms with Crippen molar-refractivity contribution in [3.05, 3.63) is 17.4 Å². The molecule has 0 aromatic carbocycles. The Kier molecular flexibility index (Phi) is 5.06. The molecule has 0 spiro atoms. The summed E-state index contributed by atoms with van der Waals surface area (Å²) in [5.41, 5.74) is 0. The number of likely N-dealkylation sites (tertiary alicyclic amines) is 1. The van der Waals surface area contributed by atoms with Crippen molar-refractivity contribution >= 4 is 21.6 Å². The Bertz CT molecular complexity index is 537. The van der Waals surface area contributed by atoms with Crippen molar-refractivity contribution < 1.29 is 8.42 Å². The third-order valence-electron chi connectivity index (χ3n) is 3.65. The van der Waals surface area contributed by atoms with Gasteiger partial charge in [-0.25, -0.2) is 8.42 Å². The van der Waals surface area contributed by atoms with Crippen LogP contribution in [0.15, 0.2) is 12.4 Å². The minimum absolute atomic E-state index is 0.118. The molecule has 2 heterocycles. The molecular weight excluding hydrogens is 300 g/mol. The van der Waals surface area contributed by atoms with Crippen molar-refractivity contribution in [2.75, 3.05) is 25.9 Å². The first-order valence-corrected chi connectivity index (χ1v) is 9.00. The smallest absolute Gasteiger partial charge is 0.211 e. The van der Waals surface area contributed by atoms with E-state index in [-0.39, 0.29) is 6.04 Å². The number of aromatic nitrogens is 2. The van der Waals surface area contributed by atoms with Gasteiger partial charge in [-0.2, -0.15) is 9.40 Å². The van der Waals surface area contributed by atoms with Gasteiger partial charge < -0.3 is 0 Å². The molecule has 0 bridgehead atoms. The van der Waals surface area contributed by atoms with E-state index in [4.69, 9.17) is 11.6 Å². The molecule has 2 rings (SSSR count). The highest BCUT2D eigenvalue weighted by molar-refractivity contribution is 7.88. The monoisotopic (exact) mass is 320 g/mol. The lowest BCUT2D eigenvalue weighted by atomic mass is 10.1.